The van der Waals surface area contributed by atoms with Gasteiger partial charge >= 0.3 is 98.2 Å². The van der Waals surface area contributed by atoms with Gasteiger partial charge in [-0.25, -0.2) is 0 Å². The van der Waals surface area contributed by atoms with Crippen LogP contribution in [0.15, 0.2) is 0 Å². The van der Waals surface area contributed by atoms with Crippen LogP contribution in [0.3, 0.4) is 0 Å². The topological polar surface area (TPSA) is 115 Å². The molecule has 10 heavy (non-hydrogen) atoms. The zero-order valence-corrected chi connectivity index (χ0v) is 10.9. The number of hydrogen-bond acceptors (Lipinski definition) is 3. The summed E-state index contributed by atoms with van der Waals surface area (Å²) in [5.41, 5.74) is 0. The summed E-state index contributed by atoms with van der Waals surface area (Å²) >= 11 is -5.29. The predicted molar refractivity (Wildman–Crippen MR) is 42.2 cm³/mol. The maximum atomic E-state index is 9.35. The quantitative estimate of drug-likeness (QED) is 0.439. The average molecular weight is 248 g/mol. The first-order chi connectivity index (χ1) is 3.13. The summed E-state index contributed by atoms with van der Waals surface area (Å²) in [7, 11) is 0. The molecule has 0 aromatic carbocycles. The van der Waals surface area contributed by atoms with Crippen molar-refractivity contribution in [2.45, 2.75) is 0 Å². The van der Waals surface area contributed by atoms with Gasteiger partial charge in [0.1, 0.15) is 0 Å². The van der Waals surface area contributed by atoms with Gasteiger partial charge in [-0.15, -0.1) is 3.63 Å². The van der Waals surface area contributed by atoms with Crippen LogP contribution in [-0.2, 0) is 26.4 Å². The van der Waals surface area contributed by atoms with E-state index in [9.17, 15) is 8.42 Å². The Balaban J connectivity index is -0.00000000857. The van der Waals surface area contributed by atoms with Gasteiger partial charge in [0.15, 0.2) is 0 Å². The van der Waals surface area contributed by atoms with Gasteiger partial charge < -0.3 is 11.2 Å². The van der Waals surface area contributed by atoms with Gasteiger partial charge in [-0.2, -0.15) is 8.42 Å². The third-order valence-electron chi connectivity index (χ3n) is 0.116. The summed E-state index contributed by atoms with van der Waals surface area (Å²) in [6.45, 7) is 0. The third kappa shape index (κ3) is 22.4. The van der Waals surface area contributed by atoms with Gasteiger partial charge in [-0.1, -0.05) is 0 Å². The fraction of sp³-hybridized carbons (Fsp3) is 0. The fourth-order valence-corrected chi connectivity index (χ4v) is 0.448. The average Bonchev–Trinajstić information content (AvgIpc) is 1.27. The van der Waals surface area contributed by atoms with Gasteiger partial charge in [0.05, 0.1) is 0 Å². The molecule has 0 aromatic rings. The van der Waals surface area contributed by atoms with Crippen LogP contribution in [0.1, 0.15) is 5.71 Å². The second-order valence-corrected chi connectivity index (χ2v) is 1.92. The Morgan fingerprint density at radius 3 is 1.30 bits per heavy atom. The molecule has 0 amide bonds. The Kier molecular flexibility index (Phi) is 32.6. The summed E-state index contributed by atoms with van der Waals surface area (Å²) in [6.07, 6.45) is 0. The van der Waals surface area contributed by atoms with Crippen molar-refractivity contribution in [1.29, 1.82) is 0 Å². The first kappa shape index (κ1) is 23.0. The first-order valence-electron chi connectivity index (χ1n) is 1.03. The minimum absolute atomic E-state index is 0. The van der Waals surface area contributed by atoms with Crippen molar-refractivity contribution in [3.63, 3.8) is 0 Å². The second-order valence-electron chi connectivity index (χ2n) is 0.502. The fourth-order valence-electron chi connectivity index (χ4n) is 0.0498. The molecule has 0 rings (SSSR count). The van der Waals surface area contributed by atoms with Gasteiger partial charge in [0, 0.05) is 0 Å². The molecule has 0 saturated carbocycles. The summed E-state index contributed by atoms with van der Waals surface area (Å²) in [4.78, 5) is 0. The van der Waals surface area contributed by atoms with Crippen LogP contribution >= 0.6 is 0 Å². The van der Waals surface area contributed by atoms with E-state index in [4.69, 9.17) is 9.11 Å². The summed E-state index contributed by atoms with van der Waals surface area (Å²) < 4.78 is 37.2. The molecule has 0 unspecified atom stereocenters. The van der Waals surface area contributed by atoms with Crippen molar-refractivity contribution in [3.8, 4) is 0 Å². The third-order valence-corrected chi connectivity index (χ3v) is 1.05. The Bertz CT molecular complexity index is 102. The Labute approximate surface area is 128 Å². The molecule has 0 radical (unpaired) electrons. The molecule has 60 valence electrons. The van der Waals surface area contributed by atoms with Crippen LogP contribution in [0.2, 0.25) is 0 Å². The van der Waals surface area contributed by atoms with Crippen molar-refractivity contribution >= 4 is 98.2 Å². The molecule has 0 aliphatic rings. The van der Waals surface area contributed by atoms with Gasteiger partial charge in [0.2, 0.25) is 0 Å². The maximum Gasteiger partial charge on any atom is 2.00 e. The van der Waals surface area contributed by atoms with E-state index in [0.717, 1.165) is 0 Å². The molecule has 0 saturated heterocycles. The monoisotopic (exact) mass is 248 g/mol. The van der Waals surface area contributed by atoms with Crippen molar-refractivity contribution in [3.05, 3.63) is 0 Å². The standard InChI is InChI=1S/2Ca.H2O5S2.H2O.4H/c;;1-6(2)5-7(3)4;;;;;/h;;(H,1,2)(H,3,4);1H2;;;;/q2*+2;;;4*-1. The van der Waals surface area contributed by atoms with Crippen molar-refractivity contribution in [1.82, 2.24) is 0 Å². The Morgan fingerprint density at radius 1 is 1.10 bits per heavy atom. The molecule has 0 aliphatic carbocycles. The number of rotatable bonds is 2. The van der Waals surface area contributed by atoms with Crippen LogP contribution < -0.4 is 0 Å². The first-order valence-corrected chi connectivity index (χ1v) is 3.10. The van der Waals surface area contributed by atoms with Crippen LogP contribution in [0, 0.1) is 0 Å². The zero-order chi connectivity index (χ0) is 5.86. The van der Waals surface area contributed by atoms with Gasteiger partial charge in [-0.3, -0.25) is 9.11 Å². The smallest absolute Gasteiger partial charge is 1.00 e. The van der Waals surface area contributed by atoms with Gasteiger partial charge in [-0.05, 0) is 0 Å². The normalized spacial score (nSPS) is 13.0. The largest absolute Gasteiger partial charge is 2.00 e. The molecule has 0 bridgehead atoms. The molecular weight excluding hydrogens is 240 g/mol. The maximum absolute atomic E-state index is 9.35. The molecule has 4 N–H and O–H groups in total. The SMILES string of the molecule is O.O=S(O)OS(=O)O.[Ca+2].[Ca+2].[H-].[H-].[H-].[H-]. The van der Waals surface area contributed by atoms with Crippen molar-refractivity contribution < 1.29 is 32.3 Å². The molecule has 0 aliphatic heterocycles. The summed E-state index contributed by atoms with van der Waals surface area (Å²) in [6, 6.07) is 0. The van der Waals surface area contributed by atoms with E-state index in [-0.39, 0.29) is 86.7 Å². The molecule has 6 nitrogen and oxygen atoms in total. The zero-order valence-electron chi connectivity index (χ0n) is 8.85. The van der Waals surface area contributed by atoms with E-state index in [0.29, 0.717) is 0 Å². The molecule has 0 heterocycles. The van der Waals surface area contributed by atoms with E-state index in [2.05, 4.69) is 3.63 Å². The van der Waals surface area contributed by atoms with Gasteiger partial charge in [0.25, 0.3) is 0 Å². The molecular formula is H8Ca2O6S2. The molecule has 0 fully saturated rings. The van der Waals surface area contributed by atoms with Crippen LogP contribution in [-0.4, -0.2) is 98.5 Å². The number of hydrogen-bond donors (Lipinski definition) is 2. The van der Waals surface area contributed by atoms with E-state index in [1.54, 1.807) is 0 Å². The van der Waals surface area contributed by atoms with Crippen molar-refractivity contribution in [2.75, 3.05) is 0 Å². The van der Waals surface area contributed by atoms with E-state index in [1.165, 1.54) is 0 Å². The van der Waals surface area contributed by atoms with Crippen LogP contribution in [0.5, 0.6) is 0 Å². The molecule has 10 heteroatoms. The van der Waals surface area contributed by atoms with E-state index < -0.39 is 22.7 Å². The van der Waals surface area contributed by atoms with E-state index >= 15 is 0 Å². The minimum Gasteiger partial charge on any atom is -1.00 e. The Hall–Kier alpha value is 2.66. The second kappa shape index (κ2) is 14.2. The molecule has 0 aromatic heterocycles. The molecule has 0 atom stereocenters. The van der Waals surface area contributed by atoms with Crippen molar-refractivity contribution in [2.24, 2.45) is 0 Å². The predicted octanol–water partition coefficient (Wildman–Crippen LogP) is -1.86. The Morgan fingerprint density at radius 2 is 1.30 bits per heavy atom. The van der Waals surface area contributed by atoms with Crippen LogP contribution in [0.4, 0.5) is 0 Å². The van der Waals surface area contributed by atoms with E-state index in [1.807, 2.05) is 0 Å². The molecule has 0 spiro atoms. The minimum atomic E-state index is -2.65. The summed E-state index contributed by atoms with van der Waals surface area (Å²) in [5, 5.41) is 0. The summed E-state index contributed by atoms with van der Waals surface area (Å²) in [5.74, 6) is 0. The van der Waals surface area contributed by atoms with Crippen LogP contribution in [0.25, 0.3) is 0 Å².